The lowest BCUT2D eigenvalue weighted by Crippen LogP contribution is -2.03. The monoisotopic (exact) mass is 137 g/mol. The van der Waals surface area contributed by atoms with Crippen molar-refractivity contribution in [1.82, 2.24) is 0 Å². The van der Waals surface area contributed by atoms with E-state index in [4.69, 9.17) is 0 Å². The van der Waals surface area contributed by atoms with Crippen molar-refractivity contribution in [1.29, 1.82) is 0 Å². The molecular formula is C9H15N. The molecule has 0 radical (unpaired) electrons. The van der Waals surface area contributed by atoms with Gasteiger partial charge in [-0.1, -0.05) is 19.9 Å². The highest BCUT2D eigenvalue weighted by Crippen LogP contribution is 2.14. The van der Waals surface area contributed by atoms with E-state index in [2.05, 4.69) is 24.9 Å². The van der Waals surface area contributed by atoms with Gasteiger partial charge in [0.2, 0.25) is 0 Å². The third-order valence-corrected chi connectivity index (χ3v) is 2.06. The zero-order valence-electron chi connectivity index (χ0n) is 6.80. The van der Waals surface area contributed by atoms with Gasteiger partial charge >= 0.3 is 0 Å². The van der Waals surface area contributed by atoms with Crippen LogP contribution in [0.15, 0.2) is 16.6 Å². The topological polar surface area (TPSA) is 12.4 Å². The van der Waals surface area contributed by atoms with Crippen molar-refractivity contribution in [2.75, 3.05) is 6.54 Å². The minimum absolute atomic E-state index is 0.698. The van der Waals surface area contributed by atoms with Crippen molar-refractivity contribution in [3.8, 4) is 0 Å². The summed E-state index contributed by atoms with van der Waals surface area (Å²) in [5.41, 5.74) is 1.42. The van der Waals surface area contributed by atoms with Crippen LogP contribution in [0.4, 0.5) is 0 Å². The molecule has 0 spiro atoms. The number of rotatable bonds is 2. The minimum atomic E-state index is 0.698. The van der Waals surface area contributed by atoms with Gasteiger partial charge in [0.1, 0.15) is 0 Å². The average molecular weight is 137 g/mol. The predicted molar refractivity (Wildman–Crippen MR) is 45.5 cm³/mol. The third kappa shape index (κ3) is 1.69. The molecule has 1 unspecified atom stereocenters. The second kappa shape index (κ2) is 3.55. The van der Waals surface area contributed by atoms with Crippen LogP contribution < -0.4 is 0 Å². The maximum absolute atomic E-state index is 4.23. The second-order valence-electron chi connectivity index (χ2n) is 2.84. The van der Waals surface area contributed by atoms with E-state index in [1.165, 1.54) is 12.0 Å². The maximum Gasteiger partial charge on any atom is 0.0424 e. The van der Waals surface area contributed by atoms with Gasteiger partial charge in [0.25, 0.3) is 0 Å². The first kappa shape index (κ1) is 7.52. The molecule has 0 aromatic rings. The Labute approximate surface area is 62.9 Å². The van der Waals surface area contributed by atoms with Gasteiger partial charge in [0.15, 0.2) is 0 Å². The Morgan fingerprint density at radius 2 is 2.50 bits per heavy atom. The molecule has 1 aliphatic rings. The molecule has 0 N–H and O–H groups in total. The average Bonchev–Trinajstić information content (AvgIpc) is 2.05. The number of allylic oxidation sites excluding steroid dienone is 1. The van der Waals surface area contributed by atoms with Crippen LogP contribution in [0.1, 0.15) is 26.7 Å². The van der Waals surface area contributed by atoms with Crippen LogP contribution in [-0.4, -0.2) is 12.8 Å². The van der Waals surface area contributed by atoms with Crippen LogP contribution in [0, 0.1) is 5.92 Å². The maximum atomic E-state index is 4.23. The van der Waals surface area contributed by atoms with Crippen molar-refractivity contribution in [3.63, 3.8) is 0 Å². The van der Waals surface area contributed by atoms with Crippen molar-refractivity contribution in [3.05, 3.63) is 11.6 Å². The molecule has 1 heteroatoms. The Bertz CT molecular complexity index is 156. The van der Waals surface area contributed by atoms with E-state index in [1.807, 2.05) is 6.21 Å². The summed E-state index contributed by atoms with van der Waals surface area (Å²) >= 11 is 0. The van der Waals surface area contributed by atoms with Crippen molar-refractivity contribution in [2.24, 2.45) is 10.9 Å². The summed E-state index contributed by atoms with van der Waals surface area (Å²) in [5, 5.41) is 0. The first-order valence-corrected chi connectivity index (χ1v) is 4.04. The fourth-order valence-corrected chi connectivity index (χ4v) is 1.09. The number of nitrogens with zero attached hydrogens (tertiary/aromatic N) is 1. The Morgan fingerprint density at radius 1 is 1.70 bits per heavy atom. The molecule has 1 atom stereocenters. The summed E-state index contributed by atoms with van der Waals surface area (Å²) in [5.74, 6) is 0.698. The first-order chi connectivity index (χ1) is 4.84. The molecule has 0 bridgehead atoms. The van der Waals surface area contributed by atoms with Crippen LogP contribution in [-0.2, 0) is 0 Å². The highest BCUT2D eigenvalue weighted by atomic mass is 14.7. The molecule has 10 heavy (non-hydrogen) atoms. The summed E-state index contributed by atoms with van der Waals surface area (Å²) in [6.45, 7) is 5.46. The lowest BCUT2D eigenvalue weighted by molar-refractivity contribution is 0.673. The molecule has 56 valence electrons. The molecule has 1 heterocycles. The Kier molecular flexibility index (Phi) is 2.67. The third-order valence-electron chi connectivity index (χ3n) is 2.06. The largest absolute Gasteiger partial charge is 0.293 e. The molecule has 1 aliphatic heterocycles. The van der Waals surface area contributed by atoms with Gasteiger partial charge in [-0.2, -0.15) is 0 Å². The van der Waals surface area contributed by atoms with E-state index < -0.39 is 0 Å². The van der Waals surface area contributed by atoms with Crippen LogP contribution in [0.25, 0.3) is 0 Å². The highest BCUT2D eigenvalue weighted by Gasteiger charge is 2.04. The number of aliphatic imine (C=N–C) groups is 1. The smallest absolute Gasteiger partial charge is 0.0424 e. The molecule has 0 saturated carbocycles. The van der Waals surface area contributed by atoms with Gasteiger partial charge in [0, 0.05) is 12.8 Å². The number of hydrogen-bond donors (Lipinski definition) is 0. The van der Waals surface area contributed by atoms with E-state index in [0.717, 1.165) is 13.0 Å². The quantitative estimate of drug-likeness (QED) is 0.554. The van der Waals surface area contributed by atoms with E-state index in [9.17, 15) is 0 Å². The molecule has 1 nitrogen and oxygen atoms in total. The molecule has 0 amide bonds. The van der Waals surface area contributed by atoms with Gasteiger partial charge in [-0.3, -0.25) is 4.99 Å². The van der Waals surface area contributed by atoms with Gasteiger partial charge in [-0.15, -0.1) is 0 Å². The van der Waals surface area contributed by atoms with Gasteiger partial charge in [0.05, 0.1) is 0 Å². The zero-order valence-corrected chi connectivity index (χ0v) is 6.80. The normalized spacial score (nSPS) is 20.4. The van der Waals surface area contributed by atoms with E-state index >= 15 is 0 Å². The lowest BCUT2D eigenvalue weighted by atomic mass is 9.97. The van der Waals surface area contributed by atoms with Gasteiger partial charge in [-0.25, -0.2) is 0 Å². The fourth-order valence-electron chi connectivity index (χ4n) is 1.09. The van der Waals surface area contributed by atoms with Crippen molar-refractivity contribution < 1.29 is 0 Å². The molecule has 0 aromatic carbocycles. The first-order valence-electron chi connectivity index (χ1n) is 4.04. The molecule has 0 aromatic heterocycles. The van der Waals surface area contributed by atoms with Gasteiger partial charge < -0.3 is 0 Å². The Hall–Kier alpha value is -0.590. The minimum Gasteiger partial charge on any atom is -0.293 e. The standard InChI is InChI=1S/C9H15N/c1-3-8(2)9-5-4-6-10-7-9/h5,7-8H,3-4,6H2,1-2H3. The highest BCUT2D eigenvalue weighted by molar-refractivity contribution is 5.79. The van der Waals surface area contributed by atoms with Crippen LogP contribution in [0.2, 0.25) is 0 Å². The lowest BCUT2D eigenvalue weighted by Gasteiger charge is -2.11. The number of dihydropyridines is 1. The summed E-state index contributed by atoms with van der Waals surface area (Å²) in [6, 6.07) is 0. The Morgan fingerprint density at radius 3 is 3.00 bits per heavy atom. The van der Waals surface area contributed by atoms with Crippen LogP contribution in [0.5, 0.6) is 0 Å². The van der Waals surface area contributed by atoms with Crippen LogP contribution in [0.3, 0.4) is 0 Å². The molecular weight excluding hydrogens is 122 g/mol. The Balaban J connectivity index is 2.54. The summed E-state index contributed by atoms with van der Waals surface area (Å²) < 4.78 is 0. The van der Waals surface area contributed by atoms with Crippen LogP contribution >= 0.6 is 0 Å². The van der Waals surface area contributed by atoms with Crippen molar-refractivity contribution in [2.45, 2.75) is 26.7 Å². The predicted octanol–water partition coefficient (Wildman–Crippen LogP) is 2.43. The fraction of sp³-hybridized carbons (Fsp3) is 0.667. The number of hydrogen-bond acceptors (Lipinski definition) is 1. The summed E-state index contributed by atoms with van der Waals surface area (Å²) in [6.07, 6.45) is 6.69. The van der Waals surface area contributed by atoms with E-state index in [0.29, 0.717) is 5.92 Å². The molecule has 1 rings (SSSR count). The zero-order chi connectivity index (χ0) is 7.40. The summed E-state index contributed by atoms with van der Waals surface area (Å²) in [4.78, 5) is 4.23. The summed E-state index contributed by atoms with van der Waals surface area (Å²) in [7, 11) is 0. The van der Waals surface area contributed by atoms with E-state index in [-0.39, 0.29) is 0 Å². The SMILES string of the molecule is CCC(C)C1=CCCN=C1. The molecule has 0 aliphatic carbocycles. The molecule has 0 saturated heterocycles. The molecule has 0 fully saturated rings. The second-order valence-corrected chi connectivity index (χ2v) is 2.84. The van der Waals surface area contributed by atoms with Crippen molar-refractivity contribution >= 4 is 6.21 Å². The van der Waals surface area contributed by atoms with Gasteiger partial charge in [-0.05, 0) is 24.3 Å². The van der Waals surface area contributed by atoms with E-state index in [1.54, 1.807) is 0 Å².